The van der Waals surface area contributed by atoms with Gasteiger partial charge in [0, 0.05) is 38.9 Å². The highest BCUT2D eigenvalue weighted by molar-refractivity contribution is 5.92. The molecular weight excluding hydrogens is 274 g/mol. The van der Waals surface area contributed by atoms with Crippen LogP contribution in [0.4, 0.5) is 0 Å². The number of rotatable bonds is 4. The van der Waals surface area contributed by atoms with E-state index in [1.165, 1.54) is 5.56 Å². The molecule has 0 radical (unpaired) electrons. The molecule has 1 saturated heterocycles. The van der Waals surface area contributed by atoms with E-state index in [0.29, 0.717) is 0 Å². The third-order valence-corrected chi connectivity index (χ3v) is 4.35. The van der Waals surface area contributed by atoms with Gasteiger partial charge >= 0.3 is 0 Å². The molecule has 3 rings (SSSR count). The fraction of sp³-hybridized carbons (Fsp3) is 0.389. The van der Waals surface area contributed by atoms with Gasteiger partial charge in [-0.3, -0.25) is 9.69 Å². The molecule has 1 aromatic heterocycles. The smallest absolute Gasteiger partial charge is 0.268 e. The largest absolute Gasteiger partial charge is 0.348 e. The average Bonchev–Trinajstić information content (AvgIpc) is 2.96. The Kier molecular flexibility index (Phi) is 4.59. The van der Waals surface area contributed by atoms with E-state index in [4.69, 9.17) is 0 Å². The molecule has 1 aromatic carbocycles. The van der Waals surface area contributed by atoms with Gasteiger partial charge in [0.1, 0.15) is 5.69 Å². The monoisotopic (exact) mass is 297 g/mol. The van der Waals surface area contributed by atoms with Crippen molar-refractivity contribution in [1.82, 2.24) is 14.8 Å². The van der Waals surface area contributed by atoms with Gasteiger partial charge in [-0.1, -0.05) is 30.3 Å². The minimum atomic E-state index is 0.0361. The molecule has 1 fully saturated rings. The zero-order chi connectivity index (χ0) is 15.4. The van der Waals surface area contributed by atoms with Gasteiger partial charge in [0.25, 0.3) is 5.91 Å². The molecule has 4 heteroatoms. The highest BCUT2D eigenvalue weighted by Crippen LogP contribution is 2.14. The number of benzene rings is 1. The third kappa shape index (κ3) is 3.57. The SMILES string of the molecule is Cn1cccc1C(=O)NC1CCN(Cc2ccccc2)CC1. The molecule has 1 amide bonds. The van der Waals surface area contributed by atoms with Crippen molar-refractivity contribution in [2.75, 3.05) is 13.1 Å². The Morgan fingerprint density at radius 3 is 2.50 bits per heavy atom. The number of carbonyl (C=O) groups excluding carboxylic acids is 1. The molecule has 116 valence electrons. The van der Waals surface area contributed by atoms with Crippen LogP contribution in [0.5, 0.6) is 0 Å². The van der Waals surface area contributed by atoms with Crippen LogP contribution >= 0.6 is 0 Å². The molecule has 2 aromatic rings. The first kappa shape index (κ1) is 14.9. The lowest BCUT2D eigenvalue weighted by Gasteiger charge is -2.32. The molecular formula is C18H23N3O. The van der Waals surface area contributed by atoms with Gasteiger partial charge in [0.2, 0.25) is 0 Å². The molecule has 1 aliphatic heterocycles. The Hall–Kier alpha value is -2.07. The summed E-state index contributed by atoms with van der Waals surface area (Å²) in [6, 6.07) is 14.6. The molecule has 0 saturated carbocycles. The van der Waals surface area contributed by atoms with Gasteiger partial charge in [-0.05, 0) is 30.5 Å². The maximum atomic E-state index is 12.2. The normalized spacial score (nSPS) is 16.6. The number of carbonyl (C=O) groups is 1. The lowest BCUT2D eigenvalue weighted by atomic mass is 10.0. The zero-order valence-electron chi connectivity index (χ0n) is 13.0. The van der Waals surface area contributed by atoms with Crippen LogP contribution in [0.3, 0.4) is 0 Å². The van der Waals surface area contributed by atoms with Gasteiger partial charge in [0.05, 0.1) is 0 Å². The maximum absolute atomic E-state index is 12.2. The summed E-state index contributed by atoms with van der Waals surface area (Å²) in [4.78, 5) is 14.7. The Balaban J connectivity index is 1.48. The molecule has 0 unspecified atom stereocenters. The summed E-state index contributed by atoms with van der Waals surface area (Å²) < 4.78 is 1.86. The summed E-state index contributed by atoms with van der Waals surface area (Å²) in [6.45, 7) is 3.07. The van der Waals surface area contributed by atoms with Crippen LogP contribution < -0.4 is 5.32 Å². The van der Waals surface area contributed by atoms with E-state index in [1.807, 2.05) is 29.9 Å². The van der Waals surface area contributed by atoms with Crippen LogP contribution in [-0.4, -0.2) is 34.5 Å². The second-order valence-electron chi connectivity index (χ2n) is 6.01. The highest BCUT2D eigenvalue weighted by Gasteiger charge is 2.21. The second kappa shape index (κ2) is 6.79. The van der Waals surface area contributed by atoms with Crippen molar-refractivity contribution in [1.29, 1.82) is 0 Å². The van der Waals surface area contributed by atoms with E-state index < -0.39 is 0 Å². The number of piperidine rings is 1. The Morgan fingerprint density at radius 1 is 1.14 bits per heavy atom. The van der Waals surface area contributed by atoms with Crippen LogP contribution in [0, 0.1) is 0 Å². The van der Waals surface area contributed by atoms with Gasteiger partial charge in [-0.15, -0.1) is 0 Å². The van der Waals surface area contributed by atoms with Crippen molar-refractivity contribution >= 4 is 5.91 Å². The summed E-state index contributed by atoms with van der Waals surface area (Å²) in [7, 11) is 1.90. The molecule has 22 heavy (non-hydrogen) atoms. The van der Waals surface area contributed by atoms with Crippen LogP contribution in [0.2, 0.25) is 0 Å². The molecule has 0 aliphatic carbocycles. The zero-order valence-corrected chi connectivity index (χ0v) is 13.0. The van der Waals surface area contributed by atoms with E-state index in [-0.39, 0.29) is 11.9 Å². The average molecular weight is 297 g/mol. The van der Waals surface area contributed by atoms with E-state index in [1.54, 1.807) is 0 Å². The summed E-state index contributed by atoms with van der Waals surface area (Å²) in [5, 5.41) is 3.16. The first-order valence-electron chi connectivity index (χ1n) is 7.91. The molecule has 0 atom stereocenters. The Morgan fingerprint density at radius 2 is 1.86 bits per heavy atom. The minimum absolute atomic E-state index is 0.0361. The summed E-state index contributed by atoms with van der Waals surface area (Å²) in [5.41, 5.74) is 2.08. The van der Waals surface area contributed by atoms with Crippen molar-refractivity contribution in [3.05, 3.63) is 59.9 Å². The number of amides is 1. The van der Waals surface area contributed by atoms with E-state index in [9.17, 15) is 4.79 Å². The Labute approximate surface area is 131 Å². The number of nitrogens with one attached hydrogen (secondary N) is 1. The van der Waals surface area contributed by atoms with Gasteiger partial charge in [-0.25, -0.2) is 0 Å². The maximum Gasteiger partial charge on any atom is 0.268 e. The molecule has 1 aliphatic rings. The lowest BCUT2D eigenvalue weighted by Crippen LogP contribution is -2.44. The number of aromatic nitrogens is 1. The van der Waals surface area contributed by atoms with Gasteiger partial charge in [0.15, 0.2) is 0 Å². The van der Waals surface area contributed by atoms with E-state index >= 15 is 0 Å². The first-order chi connectivity index (χ1) is 10.7. The van der Waals surface area contributed by atoms with E-state index in [0.717, 1.165) is 38.2 Å². The van der Waals surface area contributed by atoms with Crippen molar-refractivity contribution < 1.29 is 4.79 Å². The number of nitrogens with zero attached hydrogens (tertiary/aromatic N) is 2. The minimum Gasteiger partial charge on any atom is -0.348 e. The summed E-state index contributed by atoms with van der Waals surface area (Å²) in [5.74, 6) is 0.0361. The van der Waals surface area contributed by atoms with Gasteiger partial charge < -0.3 is 9.88 Å². The van der Waals surface area contributed by atoms with Crippen molar-refractivity contribution in [3.8, 4) is 0 Å². The Bertz CT molecular complexity index is 612. The number of aryl methyl sites for hydroxylation is 1. The lowest BCUT2D eigenvalue weighted by molar-refractivity contribution is 0.0901. The quantitative estimate of drug-likeness (QED) is 0.941. The number of hydrogen-bond donors (Lipinski definition) is 1. The molecule has 4 nitrogen and oxygen atoms in total. The molecule has 1 N–H and O–H groups in total. The summed E-state index contributed by atoms with van der Waals surface area (Å²) >= 11 is 0. The first-order valence-corrected chi connectivity index (χ1v) is 7.91. The van der Waals surface area contributed by atoms with Crippen LogP contribution in [-0.2, 0) is 13.6 Å². The van der Waals surface area contributed by atoms with Crippen LogP contribution in [0.15, 0.2) is 48.7 Å². The molecule has 0 spiro atoms. The van der Waals surface area contributed by atoms with Crippen LogP contribution in [0.25, 0.3) is 0 Å². The predicted molar refractivity (Wildman–Crippen MR) is 87.6 cm³/mol. The third-order valence-electron chi connectivity index (χ3n) is 4.35. The highest BCUT2D eigenvalue weighted by atomic mass is 16.2. The van der Waals surface area contributed by atoms with Crippen molar-refractivity contribution in [2.45, 2.75) is 25.4 Å². The van der Waals surface area contributed by atoms with Crippen LogP contribution in [0.1, 0.15) is 28.9 Å². The fourth-order valence-corrected chi connectivity index (χ4v) is 3.03. The van der Waals surface area contributed by atoms with E-state index in [2.05, 4.69) is 40.5 Å². The fourth-order valence-electron chi connectivity index (χ4n) is 3.03. The number of hydrogen-bond acceptors (Lipinski definition) is 2. The standard InChI is InChI=1S/C18H23N3O/c1-20-11-5-8-17(20)18(22)19-16-9-12-21(13-10-16)14-15-6-3-2-4-7-15/h2-8,11,16H,9-10,12-14H2,1H3,(H,19,22). The van der Waals surface area contributed by atoms with Gasteiger partial charge in [-0.2, -0.15) is 0 Å². The second-order valence-corrected chi connectivity index (χ2v) is 6.01. The van der Waals surface area contributed by atoms with Crippen molar-refractivity contribution in [2.24, 2.45) is 7.05 Å². The molecule has 0 bridgehead atoms. The topological polar surface area (TPSA) is 37.3 Å². The molecule has 2 heterocycles. The summed E-state index contributed by atoms with van der Waals surface area (Å²) in [6.07, 6.45) is 3.93. The predicted octanol–water partition coefficient (Wildman–Crippen LogP) is 2.42. The number of likely N-dealkylation sites (tertiary alicyclic amines) is 1. The van der Waals surface area contributed by atoms with Crippen molar-refractivity contribution in [3.63, 3.8) is 0 Å².